The Labute approximate surface area is 173 Å². The second-order valence-electron chi connectivity index (χ2n) is 6.65. The molecule has 0 unspecified atom stereocenters. The molecule has 1 aliphatic rings. The highest BCUT2D eigenvalue weighted by Crippen LogP contribution is 2.25. The van der Waals surface area contributed by atoms with Gasteiger partial charge in [-0.15, -0.1) is 16.8 Å². The molecule has 0 atom stereocenters. The van der Waals surface area contributed by atoms with Crippen molar-refractivity contribution in [1.29, 1.82) is 0 Å². The molecule has 0 saturated carbocycles. The van der Waals surface area contributed by atoms with Gasteiger partial charge in [0.1, 0.15) is 0 Å². The molecule has 5 nitrogen and oxygen atoms in total. The SMILES string of the molecule is C=CCn1c(SCC(=O)N2CCCCCCC2)nnc1-c1ccc(Br)cc1. The topological polar surface area (TPSA) is 51.0 Å². The number of nitrogens with zero attached hydrogens (tertiary/aromatic N) is 4. The number of halogens is 1. The van der Waals surface area contributed by atoms with Crippen LogP contribution in [0.3, 0.4) is 0 Å². The smallest absolute Gasteiger partial charge is 0.233 e. The van der Waals surface area contributed by atoms with Crippen LogP contribution in [-0.2, 0) is 11.3 Å². The highest BCUT2D eigenvalue weighted by Gasteiger charge is 2.18. The summed E-state index contributed by atoms with van der Waals surface area (Å²) in [7, 11) is 0. The number of hydrogen-bond donors (Lipinski definition) is 0. The molecule has 27 heavy (non-hydrogen) atoms. The van der Waals surface area contributed by atoms with Crippen LogP contribution in [0.25, 0.3) is 11.4 Å². The summed E-state index contributed by atoms with van der Waals surface area (Å²) >= 11 is 4.92. The maximum atomic E-state index is 12.6. The van der Waals surface area contributed by atoms with E-state index in [4.69, 9.17) is 0 Å². The fourth-order valence-electron chi connectivity index (χ4n) is 3.22. The Bertz CT molecular complexity index is 767. The number of thioether (sulfide) groups is 1. The Morgan fingerprint density at radius 2 is 1.78 bits per heavy atom. The minimum Gasteiger partial charge on any atom is -0.342 e. The largest absolute Gasteiger partial charge is 0.342 e. The molecular weight excluding hydrogens is 424 g/mol. The first-order valence-corrected chi connectivity index (χ1v) is 11.2. The summed E-state index contributed by atoms with van der Waals surface area (Å²) in [4.78, 5) is 14.7. The van der Waals surface area contributed by atoms with Crippen LogP contribution in [0.5, 0.6) is 0 Å². The van der Waals surface area contributed by atoms with Gasteiger partial charge in [0.2, 0.25) is 5.91 Å². The number of aromatic nitrogens is 3. The summed E-state index contributed by atoms with van der Waals surface area (Å²) in [6.45, 7) is 6.21. The second-order valence-corrected chi connectivity index (χ2v) is 8.51. The second kappa shape index (κ2) is 10.1. The van der Waals surface area contributed by atoms with E-state index < -0.39 is 0 Å². The minimum atomic E-state index is 0.195. The zero-order chi connectivity index (χ0) is 19.1. The van der Waals surface area contributed by atoms with Crippen molar-refractivity contribution in [3.8, 4) is 11.4 Å². The van der Waals surface area contributed by atoms with Crippen LogP contribution in [0.15, 0.2) is 46.5 Å². The van der Waals surface area contributed by atoms with Gasteiger partial charge in [0.15, 0.2) is 11.0 Å². The van der Waals surface area contributed by atoms with E-state index in [0.717, 1.165) is 46.9 Å². The van der Waals surface area contributed by atoms with Crippen molar-refractivity contribution in [2.75, 3.05) is 18.8 Å². The molecule has 0 spiro atoms. The number of rotatable bonds is 6. The molecule has 2 aromatic rings. The molecule has 1 aromatic carbocycles. The Morgan fingerprint density at radius 1 is 1.11 bits per heavy atom. The summed E-state index contributed by atoms with van der Waals surface area (Å²) in [5.74, 6) is 1.39. The van der Waals surface area contributed by atoms with Crippen molar-refractivity contribution < 1.29 is 4.79 Å². The van der Waals surface area contributed by atoms with Gasteiger partial charge >= 0.3 is 0 Å². The van der Waals surface area contributed by atoms with Gasteiger partial charge in [-0.1, -0.05) is 65.2 Å². The van der Waals surface area contributed by atoms with Gasteiger partial charge in [0.25, 0.3) is 0 Å². The molecule has 0 aliphatic carbocycles. The van der Waals surface area contributed by atoms with Crippen LogP contribution in [0, 0.1) is 0 Å². The van der Waals surface area contributed by atoms with E-state index in [-0.39, 0.29) is 5.91 Å². The zero-order valence-electron chi connectivity index (χ0n) is 15.4. The third-order valence-electron chi connectivity index (χ3n) is 4.66. The van der Waals surface area contributed by atoms with Gasteiger partial charge in [-0.05, 0) is 25.0 Å². The molecule has 1 aliphatic heterocycles. The van der Waals surface area contributed by atoms with Crippen LogP contribution in [-0.4, -0.2) is 44.4 Å². The van der Waals surface area contributed by atoms with Crippen molar-refractivity contribution in [3.63, 3.8) is 0 Å². The Kier molecular flexibility index (Phi) is 7.52. The van der Waals surface area contributed by atoms with Crippen LogP contribution >= 0.6 is 27.7 Å². The molecule has 7 heteroatoms. The van der Waals surface area contributed by atoms with Crippen molar-refractivity contribution in [2.45, 2.75) is 43.8 Å². The molecule has 0 N–H and O–H groups in total. The normalized spacial score (nSPS) is 15.2. The van der Waals surface area contributed by atoms with Gasteiger partial charge in [0.05, 0.1) is 5.75 Å². The zero-order valence-corrected chi connectivity index (χ0v) is 17.8. The number of amides is 1. The number of carbonyl (C=O) groups is 1. The molecule has 1 aromatic heterocycles. The van der Waals surface area contributed by atoms with E-state index in [9.17, 15) is 4.79 Å². The molecule has 1 amide bonds. The number of likely N-dealkylation sites (tertiary alicyclic amines) is 1. The molecule has 0 bridgehead atoms. The standard InChI is InChI=1S/C20H25BrN4OS/c1-2-12-25-19(16-8-10-17(21)11-9-16)22-23-20(25)27-15-18(26)24-13-6-4-3-5-7-14-24/h2,8-11H,1,3-7,12-15H2. The first-order chi connectivity index (χ1) is 13.2. The Morgan fingerprint density at radius 3 is 2.44 bits per heavy atom. The van der Waals surface area contributed by atoms with Crippen LogP contribution in [0.1, 0.15) is 32.1 Å². The first kappa shape index (κ1) is 20.1. The Hall–Kier alpha value is -1.60. The highest BCUT2D eigenvalue weighted by molar-refractivity contribution is 9.10. The minimum absolute atomic E-state index is 0.195. The summed E-state index contributed by atoms with van der Waals surface area (Å²) in [6, 6.07) is 7.99. The summed E-state index contributed by atoms with van der Waals surface area (Å²) in [6.07, 6.45) is 7.78. The van der Waals surface area contributed by atoms with Crippen molar-refractivity contribution >= 4 is 33.6 Å². The van der Waals surface area contributed by atoms with E-state index in [0.29, 0.717) is 12.3 Å². The summed E-state index contributed by atoms with van der Waals surface area (Å²) in [5, 5.41) is 9.44. The third-order valence-corrected chi connectivity index (χ3v) is 6.14. The van der Waals surface area contributed by atoms with Gasteiger partial charge in [0, 0.05) is 29.7 Å². The molecule has 144 valence electrons. The van der Waals surface area contributed by atoms with E-state index in [1.807, 2.05) is 39.8 Å². The van der Waals surface area contributed by atoms with Gasteiger partial charge in [-0.25, -0.2) is 0 Å². The lowest BCUT2D eigenvalue weighted by Crippen LogP contribution is -2.35. The lowest BCUT2D eigenvalue weighted by molar-refractivity contribution is -0.128. The van der Waals surface area contributed by atoms with Crippen molar-refractivity contribution in [2.24, 2.45) is 0 Å². The number of allylic oxidation sites excluding steroid dienone is 1. The molecule has 1 saturated heterocycles. The lowest BCUT2D eigenvalue weighted by atomic mass is 10.1. The maximum absolute atomic E-state index is 12.6. The van der Waals surface area contributed by atoms with Crippen LogP contribution < -0.4 is 0 Å². The summed E-state index contributed by atoms with van der Waals surface area (Å²) < 4.78 is 3.04. The van der Waals surface area contributed by atoms with Gasteiger partial charge in [-0.2, -0.15) is 0 Å². The van der Waals surface area contributed by atoms with E-state index >= 15 is 0 Å². The molecular formula is C20H25BrN4OS. The molecule has 0 radical (unpaired) electrons. The first-order valence-electron chi connectivity index (χ1n) is 9.39. The van der Waals surface area contributed by atoms with E-state index in [2.05, 4.69) is 32.7 Å². The fraction of sp³-hybridized carbons (Fsp3) is 0.450. The quantitative estimate of drug-likeness (QED) is 0.471. The van der Waals surface area contributed by atoms with Gasteiger partial charge in [-0.3, -0.25) is 9.36 Å². The van der Waals surface area contributed by atoms with E-state index in [1.165, 1.54) is 31.0 Å². The van der Waals surface area contributed by atoms with Gasteiger partial charge < -0.3 is 4.90 Å². The van der Waals surface area contributed by atoms with Crippen molar-refractivity contribution in [1.82, 2.24) is 19.7 Å². The average Bonchev–Trinajstić information content (AvgIpc) is 3.03. The lowest BCUT2D eigenvalue weighted by Gasteiger charge is -2.24. The van der Waals surface area contributed by atoms with Crippen LogP contribution in [0.2, 0.25) is 0 Å². The van der Waals surface area contributed by atoms with Crippen LogP contribution in [0.4, 0.5) is 0 Å². The predicted octanol–water partition coefficient (Wildman–Crippen LogP) is 4.78. The number of carbonyl (C=O) groups excluding carboxylic acids is 1. The predicted molar refractivity (Wildman–Crippen MR) is 114 cm³/mol. The highest BCUT2D eigenvalue weighted by atomic mass is 79.9. The Balaban J connectivity index is 1.69. The third kappa shape index (κ3) is 5.45. The monoisotopic (exact) mass is 448 g/mol. The number of benzene rings is 1. The molecule has 3 rings (SSSR count). The fourth-order valence-corrected chi connectivity index (χ4v) is 4.33. The summed E-state index contributed by atoms with van der Waals surface area (Å²) in [5.41, 5.74) is 0.995. The van der Waals surface area contributed by atoms with E-state index in [1.54, 1.807) is 0 Å². The molecule has 1 fully saturated rings. The maximum Gasteiger partial charge on any atom is 0.233 e. The molecule has 2 heterocycles. The number of hydrogen-bond acceptors (Lipinski definition) is 4. The average molecular weight is 449 g/mol. The van der Waals surface area contributed by atoms with Crippen molar-refractivity contribution in [3.05, 3.63) is 41.4 Å².